The minimum atomic E-state index is -0.374. The molecule has 0 spiro atoms. The summed E-state index contributed by atoms with van der Waals surface area (Å²) in [6.07, 6.45) is 0. The predicted molar refractivity (Wildman–Crippen MR) is 72.9 cm³/mol. The Morgan fingerprint density at radius 2 is 1.78 bits per heavy atom. The fourth-order valence-corrected chi connectivity index (χ4v) is 1.57. The van der Waals surface area contributed by atoms with Gasteiger partial charge in [-0.25, -0.2) is 0 Å². The molecule has 0 radical (unpaired) electrons. The number of nitrogens with zero attached hydrogens (tertiary/aromatic N) is 2. The van der Waals surface area contributed by atoms with Crippen molar-refractivity contribution in [3.63, 3.8) is 0 Å². The maximum Gasteiger partial charge on any atom is 0.242 e. The van der Waals surface area contributed by atoms with Crippen molar-refractivity contribution in [1.82, 2.24) is 15.5 Å². The zero-order chi connectivity index (χ0) is 13.9. The van der Waals surface area contributed by atoms with Crippen molar-refractivity contribution in [3.05, 3.63) is 16.3 Å². The SMILES string of the molecule is Cc1c(Cl)nnc(NC(C)C(=O)NC(C)C)c1C. The summed E-state index contributed by atoms with van der Waals surface area (Å²) in [4.78, 5) is 11.8. The molecule has 18 heavy (non-hydrogen) atoms. The molecule has 1 atom stereocenters. The Bertz CT molecular complexity index is 448. The smallest absolute Gasteiger partial charge is 0.242 e. The normalized spacial score (nSPS) is 12.4. The van der Waals surface area contributed by atoms with Crippen LogP contribution >= 0.6 is 11.6 Å². The molecule has 1 heterocycles. The third-order valence-electron chi connectivity index (χ3n) is 2.64. The number of hydrogen-bond acceptors (Lipinski definition) is 4. The highest BCUT2D eigenvalue weighted by Crippen LogP contribution is 2.20. The minimum absolute atomic E-state index is 0.0706. The number of aromatic nitrogens is 2. The second-order valence-corrected chi connectivity index (χ2v) is 4.98. The average molecular weight is 271 g/mol. The van der Waals surface area contributed by atoms with E-state index in [-0.39, 0.29) is 18.0 Å². The molecule has 100 valence electrons. The largest absolute Gasteiger partial charge is 0.357 e. The Morgan fingerprint density at radius 3 is 2.33 bits per heavy atom. The van der Waals surface area contributed by atoms with E-state index in [1.54, 1.807) is 6.92 Å². The summed E-state index contributed by atoms with van der Waals surface area (Å²) in [5, 5.41) is 14.1. The molecule has 6 heteroatoms. The maximum absolute atomic E-state index is 11.8. The molecule has 1 unspecified atom stereocenters. The third-order valence-corrected chi connectivity index (χ3v) is 3.00. The number of carbonyl (C=O) groups is 1. The van der Waals surface area contributed by atoms with Gasteiger partial charge >= 0.3 is 0 Å². The van der Waals surface area contributed by atoms with Crippen molar-refractivity contribution in [2.45, 2.75) is 46.7 Å². The minimum Gasteiger partial charge on any atom is -0.357 e. The van der Waals surface area contributed by atoms with Crippen molar-refractivity contribution < 1.29 is 4.79 Å². The van der Waals surface area contributed by atoms with E-state index in [9.17, 15) is 4.79 Å². The van der Waals surface area contributed by atoms with Crippen molar-refractivity contribution in [1.29, 1.82) is 0 Å². The summed E-state index contributed by atoms with van der Waals surface area (Å²) in [7, 11) is 0. The summed E-state index contributed by atoms with van der Waals surface area (Å²) in [6, 6.07) is -0.262. The van der Waals surface area contributed by atoms with E-state index < -0.39 is 0 Å². The van der Waals surface area contributed by atoms with Crippen molar-refractivity contribution in [2.75, 3.05) is 5.32 Å². The molecule has 0 saturated carbocycles. The molecule has 1 aromatic heterocycles. The van der Waals surface area contributed by atoms with Crippen molar-refractivity contribution >= 4 is 23.3 Å². The van der Waals surface area contributed by atoms with Crippen LogP contribution in [0.3, 0.4) is 0 Å². The number of carbonyl (C=O) groups excluding carboxylic acids is 1. The highest BCUT2D eigenvalue weighted by Gasteiger charge is 2.16. The Hall–Kier alpha value is -1.36. The zero-order valence-corrected chi connectivity index (χ0v) is 12.1. The van der Waals surface area contributed by atoms with E-state index in [0.717, 1.165) is 11.1 Å². The summed E-state index contributed by atoms with van der Waals surface area (Å²) in [5.41, 5.74) is 1.77. The van der Waals surface area contributed by atoms with Crippen LogP contribution in [0.15, 0.2) is 0 Å². The Labute approximate surface area is 112 Å². The van der Waals surface area contributed by atoms with Crippen LogP contribution in [0, 0.1) is 13.8 Å². The number of rotatable bonds is 4. The molecule has 0 aromatic carbocycles. The zero-order valence-electron chi connectivity index (χ0n) is 11.3. The fraction of sp³-hybridized carbons (Fsp3) is 0.583. The van der Waals surface area contributed by atoms with Crippen molar-refractivity contribution in [2.24, 2.45) is 0 Å². The topological polar surface area (TPSA) is 66.9 Å². The van der Waals surface area contributed by atoms with Crippen LogP contribution in [-0.4, -0.2) is 28.2 Å². The average Bonchev–Trinajstić information content (AvgIpc) is 2.29. The quantitative estimate of drug-likeness (QED) is 0.879. The molecule has 0 fully saturated rings. The van der Waals surface area contributed by atoms with E-state index in [1.807, 2.05) is 27.7 Å². The van der Waals surface area contributed by atoms with Crippen LogP contribution < -0.4 is 10.6 Å². The van der Waals surface area contributed by atoms with Gasteiger partial charge in [0.25, 0.3) is 0 Å². The summed E-state index contributed by atoms with van der Waals surface area (Å²) in [5.74, 6) is 0.516. The lowest BCUT2D eigenvalue weighted by molar-refractivity contribution is -0.122. The molecule has 0 aliphatic heterocycles. The molecule has 1 rings (SSSR count). The lowest BCUT2D eigenvalue weighted by atomic mass is 10.2. The standard InChI is InChI=1S/C12H19ClN4O/c1-6(2)14-12(18)9(5)15-11-8(4)7(3)10(13)16-17-11/h6,9H,1-5H3,(H,14,18)(H,15,17). The van der Waals surface area contributed by atoms with E-state index in [1.165, 1.54) is 0 Å². The number of anilines is 1. The predicted octanol–water partition coefficient (Wildman–Crippen LogP) is 2.07. The van der Waals surface area contributed by atoms with Gasteiger partial charge in [0, 0.05) is 6.04 Å². The summed E-state index contributed by atoms with van der Waals surface area (Å²) < 4.78 is 0. The molecular formula is C12H19ClN4O. The van der Waals surface area contributed by atoms with Gasteiger partial charge in [-0.05, 0) is 45.7 Å². The van der Waals surface area contributed by atoms with E-state index in [4.69, 9.17) is 11.6 Å². The van der Waals surface area contributed by atoms with Crippen LogP contribution in [0.2, 0.25) is 5.15 Å². The number of hydrogen-bond donors (Lipinski definition) is 2. The van der Waals surface area contributed by atoms with Crippen LogP contribution in [0.25, 0.3) is 0 Å². The molecule has 0 saturated heterocycles. The van der Waals surface area contributed by atoms with Gasteiger partial charge in [-0.2, -0.15) is 0 Å². The van der Waals surface area contributed by atoms with Gasteiger partial charge in [0.15, 0.2) is 11.0 Å². The number of amides is 1. The van der Waals surface area contributed by atoms with Crippen LogP contribution in [0.4, 0.5) is 5.82 Å². The monoisotopic (exact) mass is 270 g/mol. The highest BCUT2D eigenvalue weighted by molar-refractivity contribution is 6.30. The second-order valence-electron chi connectivity index (χ2n) is 4.62. The summed E-state index contributed by atoms with van der Waals surface area (Å²) in [6.45, 7) is 9.38. The molecule has 0 aliphatic carbocycles. The lowest BCUT2D eigenvalue weighted by Gasteiger charge is -2.17. The lowest BCUT2D eigenvalue weighted by Crippen LogP contribution is -2.41. The first-order chi connectivity index (χ1) is 8.32. The summed E-state index contributed by atoms with van der Waals surface area (Å²) >= 11 is 5.87. The highest BCUT2D eigenvalue weighted by atomic mass is 35.5. The first-order valence-electron chi connectivity index (χ1n) is 5.89. The Balaban J connectivity index is 2.79. The van der Waals surface area contributed by atoms with Crippen molar-refractivity contribution in [3.8, 4) is 0 Å². The molecule has 0 bridgehead atoms. The first-order valence-corrected chi connectivity index (χ1v) is 6.27. The van der Waals surface area contributed by atoms with Crippen LogP contribution in [-0.2, 0) is 4.79 Å². The molecule has 5 nitrogen and oxygen atoms in total. The number of nitrogens with one attached hydrogen (secondary N) is 2. The van der Waals surface area contributed by atoms with Gasteiger partial charge in [-0.1, -0.05) is 11.6 Å². The van der Waals surface area contributed by atoms with Crippen LogP contribution in [0.1, 0.15) is 31.9 Å². The van der Waals surface area contributed by atoms with E-state index in [2.05, 4.69) is 20.8 Å². The Kier molecular flexibility index (Phi) is 4.90. The van der Waals surface area contributed by atoms with Gasteiger partial charge < -0.3 is 10.6 Å². The second kappa shape index (κ2) is 6.00. The molecule has 1 aromatic rings. The first kappa shape index (κ1) is 14.7. The van der Waals surface area contributed by atoms with Gasteiger partial charge in [0.2, 0.25) is 5.91 Å². The molecule has 2 N–H and O–H groups in total. The van der Waals surface area contributed by atoms with Gasteiger partial charge in [-0.3, -0.25) is 4.79 Å². The Morgan fingerprint density at radius 1 is 1.17 bits per heavy atom. The number of halogens is 1. The molecule has 0 aliphatic rings. The van der Waals surface area contributed by atoms with E-state index >= 15 is 0 Å². The van der Waals surface area contributed by atoms with Gasteiger partial charge in [0.05, 0.1) is 0 Å². The molecular weight excluding hydrogens is 252 g/mol. The van der Waals surface area contributed by atoms with Gasteiger partial charge in [0.1, 0.15) is 6.04 Å². The maximum atomic E-state index is 11.8. The fourth-order valence-electron chi connectivity index (χ4n) is 1.39. The third kappa shape index (κ3) is 3.57. The van der Waals surface area contributed by atoms with E-state index in [0.29, 0.717) is 11.0 Å². The van der Waals surface area contributed by atoms with Crippen LogP contribution in [0.5, 0.6) is 0 Å². The molecule has 1 amide bonds. The van der Waals surface area contributed by atoms with Gasteiger partial charge in [-0.15, -0.1) is 10.2 Å².